The highest BCUT2D eigenvalue weighted by atomic mass is 16.5. The summed E-state index contributed by atoms with van der Waals surface area (Å²) >= 11 is 0. The molecule has 0 N–H and O–H groups in total. The molecule has 0 amide bonds. The third-order valence-corrected chi connectivity index (χ3v) is 2.63. The lowest BCUT2D eigenvalue weighted by atomic mass is 10.3. The van der Waals surface area contributed by atoms with Crippen molar-refractivity contribution >= 4 is 11.4 Å². The second-order valence-corrected chi connectivity index (χ2v) is 4.22. The van der Waals surface area contributed by atoms with Crippen LogP contribution in [0.3, 0.4) is 0 Å². The summed E-state index contributed by atoms with van der Waals surface area (Å²) in [5.74, 6) is 0.467. The number of nitrogens with zero attached hydrogens (tertiary/aromatic N) is 8. The number of benzene rings is 2. The molecule has 2 aromatic carbocycles. The third kappa shape index (κ3) is 5.39. The van der Waals surface area contributed by atoms with Crippen molar-refractivity contribution in [3.8, 4) is 5.75 Å². The van der Waals surface area contributed by atoms with Gasteiger partial charge in [0.1, 0.15) is 5.75 Å². The van der Waals surface area contributed by atoms with Crippen LogP contribution in [0.25, 0.3) is 20.9 Å². The molecular formula is C14H12N8O. The van der Waals surface area contributed by atoms with Crippen molar-refractivity contribution in [1.29, 1.82) is 0 Å². The van der Waals surface area contributed by atoms with E-state index >= 15 is 0 Å². The van der Waals surface area contributed by atoms with Gasteiger partial charge in [-0.05, 0) is 52.6 Å². The molecule has 9 heteroatoms. The molecular weight excluding hydrogens is 296 g/mol. The molecule has 0 aliphatic carbocycles. The van der Waals surface area contributed by atoms with Gasteiger partial charge in [0.25, 0.3) is 0 Å². The lowest BCUT2D eigenvalue weighted by Gasteiger charge is -2.11. The summed E-state index contributed by atoms with van der Waals surface area (Å²) in [6.45, 7) is -0.0873. The van der Waals surface area contributed by atoms with Crippen molar-refractivity contribution in [3.63, 3.8) is 0 Å². The molecule has 0 saturated heterocycles. The molecule has 1 atom stereocenters. The largest absolute Gasteiger partial charge is 0.484 e. The Kier molecular flexibility index (Phi) is 5.98. The Morgan fingerprint density at radius 3 is 2.13 bits per heavy atom. The SMILES string of the molecule is [N-]=[N+]=NCC(N=[N+]=[N-])Oc1ccc(N=Nc2ccccc2)cc1. The summed E-state index contributed by atoms with van der Waals surface area (Å²) in [7, 11) is 0. The fourth-order valence-electron chi connectivity index (χ4n) is 1.62. The predicted octanol–water partition coefficient (Wildman–Crippen LogP) is 5.43. The first-order valence-electron chi connectivity index (χ1n) is 6.60. The Morgan fingerprint density at radius 1 is 0.870 bits per heavy atom. The van der Waals surface area contributed by atoms with Crippen LogP contribution in [0.2, 0.25) is 0 Å². The first-order chi connectivity index (χ1) is 11.3. The van der Waals surface area contributed by atoms with Gasteiger partial charge in [-0.1, -0.05) is 23.3 Å². The molecule has 114 valence electrons. The van der Waals surface area contributed by atoms with E-state index in [1.54, 1.807) is 24.3 Å². The summed E-state index contributed by atoms with van der Waals surface area (Å²) in [5, 5.41) is 14.9. The maximum absolute atomic E-state index is 8.45. The minimum absolute atomic E-state index is 0.0873. The summed E-state index contributed by atoms with van der Waals surface area (Å²) in [5.41, 5.74) is 18.1. The van der Waals surface area contributed by atoms with E-state index < -0.39 is 6.23 Å². The van der Waals surface area contributed by atoms with E-state index in [9.17, 15) is 0 Å². The number of rotatable bonds is 7. The number of azo groups is 1. The van der Waals surface area contributed by atoms with Crippen LogP contribution in [0.15, 0.2) is 75.1 Å². The molecule has 0 radical (unpaired) electrons. The van der Waals surface area contributed by atoms with Crippen molar-refractivity contribution in [2.75, 3.05) is 6.54 Å². The molecule has 0 aliphatic rings. The first-order valence-corrected chi connectivity index (χ1v) is 6.60. The van der Waals surface area contributed by atoms with Gasteiger partial charge < -0.3 is 4.74 Å². The summed E-state index contributed by atoms with van der Waals surface area (Å²) in [6, 6.07) is 16.1. The number of hydrogen-bond acceptors (Lipinski definition) is 5. The predicted molar refractivity (Wildman–Crippen MR) is 84.6 cm³/mol. The van der Waals surface area contributed by atoms with E-state index in [4.69, 9.17) is 15.8 Å². The van der Waals surface area contributed by atoms with E-state index in [2.05, 4.69) is 30.3 Å². The zero-order chi connectivity index (χ0) is 16.3. The monoisotopic (exact) mass is 308 g/mol. The highest BCUT2D eigenvalue weighted by molar-refractivity contribution is 5.42. The first kappa shape index (κ1) is 15.8. The fraction of sp³-hybridized carbons (Fsp3) is 0.143. The highest BCUT2D eigenvalue weighted by Gasteiger charge is 2.06. The van der Waals surface area contributed by atoms with Crippen molar-refractivity contribution in [1.82, 2.24) is 0 Å². The molecule has 0 bridgehead atoms. The van der Waals surface area contributed by atoms with Gasteiger partial charge >= 0.3 is 0 Å². The lowest BCUT2D eigenvalue weighted by Crippen LogP contribution is -2.16. The normalized spacial score (nSPS) is 11.3. The summed E-state index contributed by atoms with van der Waals surface area (Å²) < 4.78 is 5.42. The van der Waals surface area contributed by atoms with Crippen LogP contribution in [0.4, 0.5) is 11.4 Å². The number of azide groups is 2. The van der Waals surface area contributed by atoms with Crippen molar-refractivity contribution < 1.29 is 4.74 Å². The van der Waals surface area contributed by atoms with Gasteiger partial charge in [-0.25, -0.2) is 0 Å². The van der Waals surface area contributed by atoms with E-state index in [-0.39, 0.29) is 6.54 Å². The molecule has 23 heavy (non-hydrogen) atoms. The van der Waals surface area contributed by atoms with Crippen molar-refractivity contribution in [2.24, 2.45) is 20.5 Å². The molecule has 0 fully saturated rings. The zero-order valence-corrected chi connectivity index (χ0v) is 12.0. The summed E-state index contributed by atoms with van der Waals surface area (Å²) in [4.78, 5) is 5.25. The minimum Gasteiger partial charge on any atom is -0.484 e. The Balaban J connectivity index is 2.02. The summed E-state index contributed by atoms with van der Waals surface area (Å²) in [6.07, 6.45) is -0.896. The van der Waals surface area contributed by atoms with Crippen molar-refractivity contribution in [2.45, 2.75) is 6.23 Å². The Morgan fingerprint density at radius 2 is 1.52 bits per heavy atom. The average Bonchev–Trinajstić information content (AvgIpc) is 2.60. The van der Waals surface area contributed by atoms with Crippen LogP contribution in [0, 0.1) is 0 Å². The van der Waals surface area contributed by atoms with E-state index in [0.717, 1.165) is 5.69 Å². The number of ether oxygens (including phenoxy) is 1. The second kappa shape index (κ2) is 8.68. The maximum atomic E-state index is 8.45. The fourth-order valence-corrected chi connectivity index (χ4v) is 1.62. The molecule has 0 saturated carbocycles. The standard InChI is InChI=1S/C14H12N8O/c15-21-17-10-14(20-22-16)23-13-8-6-12(7-9-13)19-18-11-4-2-1-3-5-11/h1-9,14H,10H2. The van der Waals surface area contributed by atoms with Crippen LogP contribution in [-0.4, -0.2) is 12.8 Å². The smallest absolute Gasteiger partial charge is 0.183 e. The molecule has 0 spiro atoms. The molecule has 0 aromatic heterocycles. The second-order valence-electron chi connectivity index (χ2n) is 4.22. The molecule has 9 nitrogen and oxygen atoms in total. The Hall–Kier alpha value is -3.54. The maximum Gasteiger partial charge on any atom is 0.183 e. The van der Waals surface area contributed by atoms with Crippen LogP contribution < -0.4 is 4.74 Å². The van der Waals surface area contributed by atoms with Gasteiger partial charge in [-0.2, -0.15) is 10.2 Å². The number of hydrogen-bond donors (Lipinski definition) is 0. The highest BCUT2D eigenvalue weighted by Crippen LogP contribution is 2.22. The van der Waals surface area contributed by atoms with Crippen LogP contribution in [-0.2, 0) is 0 Å². The van der Waals surface area contributed by atoms with Crippen LogP contribution in [0.1, 0.15) is 0 Å². The van der Waals surface area contributed by atoms with Crippen LogP contribution in [0.5, 0.6) is 5.75 Å². The zero-order valence-electron chi connectivity index (χ0n) is 12.0. The third-order valence-electron chi connectivity index (χ3n) is 2.63. The molecule has 1 unspecified atom stereocenters. The molecule has 2 aromatic rings. The Bertz CT molecular complexity index is 746. The van der Waals surface area contributed by atoms with E-state index in [1.165, 1.54) is 0 Å². The van der Waals surface area contributed by atoms with Gasteiger partial charge in [0, 0.05) is 9.82 Å². The van der Waals surface area contributed by atoms with Crippen molar-refractivity contribution in [3.05, 3.63) is 75.5 Å². The molecule has 0 heterocycles. The molecule has 0 aliphatic heterocycles. The van der Waals surface area contributed by atoms with E-state index in [0.29, 0.717) is 11.4 Å². The van der Waals surface area contributed by atoms with Crippen LogP contribution >= 0.6 is 0 Å². The van der Waals surface area contributed by atoms with E-state index in [1.807, 2.05) is 30.3 Å². The van der Waals surface area contributed by atoms with Gasteiger partial charge in [0.15, 0.2) is 6.23 Å². The van der Waals surface area contributed by atoms with Gasteiger partial charge in [0.2, 0.25) is 0 Å². The van der Waals surface area contributed by atoms with Gasteiger partial charge in [0.05, 0.1) is 17.9 Å². The van der Waals surface area contributed by atoms with Gasteiger partial charge in [-0.3, -0.25) is 0 Å². The average molecular weight is 308 g/mol. The van der Waals surface area contributed by atoms with Gasteiger partial charge in [-0.15, -0.1) is 0 Å². The quantitative estimate of drug-likeness (QED) is 0.376. The molecule has 2 rings (SSSR count). The lowest BCUT2D eigenvalue weighted by molar-refractivity contribution is 0.217. The minimum atomic E-state index is -0.896. The topological polar surface area (TPSA) is 131 Å². The Labute approximate surface area is 131 Å².